The van der Waals surface area contributed by atoms with Crippen LogP contribution in [0, 0.1) is 35.5 Å². The summed E-state index contributed by atoms with van der Waals surface area (Å²) >= 11 is 9.57. The van der Waals surface area contributed by atoms with Crippen molar-refractivity contribution in [3.63, 3.8) is 0 Å². The van der Waals surface area contributed by atoms with Crippen LogP contribution in [0.5, 0.6) is 0 Å². The molecule has 0 aromatic rings. The van der Waals surface area contributed by atoms with Crippen LogP contribution in [0.2, 0.25) is 0 Å². The molecular weight excluding hydrogens is 160 g/mol. The molecule has 0 N–H and O–H groups in total. The molecule has 10 heavy (non-hydrogen) atoms. The van der Waals surface area contributed by atoms with Crippen molar-refractivity contribution in [2.45, 2.75) is 9.49 Å². The molecule has 0 bridgehead atoms. The van der Waals surface area contributed by atoms with Gasteiger partial charge in [-0.25, -0.2) is 0 Å². The highest BCUT2D eigenvalue weighted by Gasteiger charge is 3.09. The van der Waals surface area contributed by atoms with Crippen molar-refractivity contribution < 1.29 is 0 Å². The minimum atomic E-state index is 0.463. The standard InChI is InChI=1S/C8H8S2/c9-7-3-1-2-5(3)8(7,10)6(2)4(1)7/h1-6,9-10H. The Bertz CT molecular complexity index is 248. The predicted octanol–water partition coefficient (Wildman–Crippen LogP) is 1.09. The summed E-state index contributed by atoms with van der Waals surface area (Å²) in [6.07, 6.45) is 0. The van der Waals surface area contributed by atoms with Crippen molar-refractivity contribution in [3.8, 4) is 0 Å². The van der Waals surface area contributed by atoms with E-state index < -0.39 is 0 Å². The molecule has 4 atom stereocenters. The van der Waals surface area contributed by atoms with Gasteiger partial charge in [0.1, 0.15) is 0 Å². The second-order valence-corrected chi connectivity index (χ2v) is 6.39. The second kappa shape index (κ2) is 0.779. The summed E-state index contributed by atoms with van der Waals surface area (Å²) in [7, 11) is 0. The van der Waals surface area contributed by atoms with Crippen LogP contribution in [0.3, 0.4) is 0 Å². The highest BCUT2D eigenvalue weighted by Crippen LogP contribution is 3.06. The van der Waals surface area contributed by atoms with E-state index >= 15 is 0 Å². The van der Waals surface area contributed by atoms with Gasteiger partial charge in [0.15, 0.2) is 0 Å². The third-order valence-electron chi connectivity index (χ3n) is 5.55. The summed E-state index contributed by atoms with van der Waals surface area (Å²) < 4.78 is 0.926. The summed E-state index contributed by atoms with van der Waals surface area (Å²) in [6.45, 7) is 0. The zero-order valence-corrected chi connectivity index (χ0v) is 7.15. The van der Waals surface area contributed by atoms with Crippen LogP contribution in [0.1, 0.15) is 0 Å². The van der Waals surface area contributed by atoms with Crippen molar-refractivity contribution in [1.82, 2.24) is 0 Å². The minimum absolute atomic E-state index is 0.463. The summed E-state index contributed by atoms with van der Waals surface area (Å²) in [4.78, 5) is 0. The molecule has 0 aromatic carbocycles. The SMILES string of the molecule is SC12C3C4C5C3C1(S)C5C42. The molecule has 4 unspecified atom stereocenters. The van der Waals surface area contributed by atoms with Gasteiger partial charge in [0, 0.05) is 9.49 Å². The molecule has 0 saturated heterocycles. The van der Waals surface area contributed by atoms with Crippen LogP contribution < -0.4 is 0 Å². The highest BCUT2D eigenvalue weighted by atomic mass is 32.1. The van der Waals surface area contributed by atoms with E-state index in [1.807, 2.05) is 0 Å². The lowest BCUT2D eigenvalue weighted by Crippen LogP contribution is -3.13. The molecule has 6 aliphatic carbocycles. The van der Waals surface area contributed by atoms with Gasteiger partial charge in [0.05, 0.1) is 0 Å². The van der Waals surface area contributed by atoms with Gasteiger partial charge in [-0.15, -0.1) is 0 Å². The molecule has 0 aromatic heterocycles. The van der Waals surface area contributed by atoms with Crippen LogP contribution in [0.15, 0.2) is 0 Å². The lowest BCUT2D eigenvalue weighted by atomic mass is 9.00. The minimum Gasteiger partial charge on any atom is -0.170 e. The molecule has 0 heterocycles. The van der Waals surface area contributed by atoms with Crippen molar-refractivity contribution >= 4 is 25.3 Å². The van der Waals surface area contributed by atoms with E-state index in [1.165, 1.54) is 0 Å². The first-order valence-corrected chi connectivity index (χ1v) is 5.08. The number of rotatable bonds is 0. The maximum atomic E-state index is 4.78. The molecular formula is C8H8S2. The van der Waals surface area contributed by atoms with Crippen LogP contribution in [0.4, 0.5) is 0 Å². The van der Waals surface area contributed by atoms with Crippen LogP contribution in [-0.2, 0) is 0 Å². The number of hydrogen-bond acceptors (Lipinski definition) is 2. The van der Waals surface area contributed by atoms with Crippen LogP contribution >= 0.6 is 25.3 Å². The van der Waals surface area contributed by atoms with Crippen LogP contribution in [0.25, 0.3) is 0 Å². The molecule has 6 aliphatic rings. The predicted molar refractivity (Wildman–Crippen MR) is 44.4 cm³/mol. The first-order chi connectivity index (χ1) is 4.74. The molecule has 6 saturated carbocycles. The van der Waals surface area contributed by atoms with Gasteiger partial charge in [0.25, 0.3) is 0 Å². The molecule has 0 radical (unpaired) electrons. The Morgan fingerprint density at radius 1 is 0.700 bits per heavy atom. The average molecular weight is 168 g/mol. The third kappa shape index (κ3) is 0.135. The lowest BCUT2D eigenvalue weighted by Gasteiger charge is -3.10. The molecule has 6 fully saturated rings. The van der Waals surface area contributed by atoms with Gasteiger partial charge in [-0.3, -0.25) is 0 Å². The summed E-state index contributed by atoms with van der Waals surface area (Å²) in [5.41, 5.74) is 0. The van der Waals surface area contributed by atoms with Gasteiger partial charge in [0.2, 0.25) is 0 Å². The topological polar surface area (TPSA) is 0 Å². The Morgan fingerprint density at radius 2 is 1.00 bits per heavy atom. The molecule has 0 aliphatic heterocycles. The van der Waals surface area contributed by atoms with Gasteiger partial charge in [-0.2, -0.15) is 25.3 Å². The Balaban J connectivity index is 1.91. The van der Waals surface area contributed by atoms with E-state index in [2.05, 4.69) is 0 Å². The van der Waals surface area contributed by atoms with Gasteiger partial charge >= 0.3 is 0 Å². The Labute approximate surface area is 70.6 Å². The number of thiol groups is 2. The maximum absolute atomic E-state index is 4.78. The average Bonchev–Trinajstić information content (AvgIpc) is 1.90. The Hall–Kier alpha value is 0.700. The molecule has 6 rings (SSSR count). The number of hydrogen-bond donors (Lipinski definition) is 2. The maximum Gasteiger partial charge on any atom is 0.0348 e. The zero-order chi connectivity index (χ0) is 6.46. The first kappa shape index (κ1) is 4.66. The third-order valence-corrected chi connectivity index (χ3v) is 7.66. The first-order valence-electron chi connectivity index (χ1n) is 4.19. The monoisotopic (exact) mass is 168 g/mol. The summed E-state index contributed by atoms with van der Waals surface area (Å²) in [5.74, 6) is 6.45. The molecule has 2 heteroatoms. The Kier molecular flexibility index (Phi) is 0.363. The fraction of sp³-hybridized carbons (Fsp3) is 1.00. The highest BCUT2D eigenvalue weighted by molar-refractivity contribution is 7.87. The van der Waals surface area contributed by atoms with Gasteiger partial charge < -0.3 is 0 Å². The molecule has 52 valence electrons. The lowest BCUT2D eigenvalue weighted by molar-refractivity contribution is -0.524. The molecule has 0 spiro atoms. The fourth-order valence-corrected chi connectivity index (χ4v) is 7.35. The summed E-state index contributed by atoms with van der Waals surface area (Å²) in [6, 6.07) is 0. The van der Waals surface area contributed by atoms with Crippen molar-refractivity contribution in [2.75, 3.05) is 0 Å². The van der Waals surface area contributed by atoms with Gasteiger partial charge in [-0.1, -0.05) is 0 Å². The largest absolute Gasteiger partial charge is 0.170 e. The molecule has 0 nitrogen and oxygen atoms in total. The zero-order valence-electron chi connectivity index (χ0n) is 5.36. The van der Waals surface area contributed by atoms with Crippen molar-refractivity contribution in [3.05, 3.63) is 0 Å². The van der Waals surface area contributed by atoms with E-state index in [9.17, 15) is 0 Å². The van der Waals surface area contributed by atoms with E-state index in [4.69, 9.17) is 25.3 Å². The van der Waals surface area contributed by atoms with E-state index in [0.29, 0.717) is 9.49 Å². The Morgan fingerprint density at radius 3 is 1.20 bits per heavy atom. The smallest absolute Gasteiger partial charge is 0.0348 e. The van der Waals surface area contributed by atoms with E-state index in [-0.39, 0.29) is 0 Å². The van der Waals surface area contributed by atoms with E-state index in [1.54, 1.807) is 0 Å². The van der Waals surface area contributed by atoms with Crippen molar-refractivity contribution in [1.29, 1.82) is 0 Å². The van der Waals surface area contributed by atoms with Crippen molar-refractivity contribution in [2.24, 2.45) is 35.5 Å². The normalized spacial score (nSPS) is 104. The van der Waals surface area contributed by atoms with Crippen LogP contribution in [-0.4, -0.2) is 9.49 Å². The second-order valence-electron chi connectivity index (χ2n) is 4.91. The fourth-order valence-electron chi connectivity index (χ4n) is 5.42. The molecule has 0 amide bonds. The summed E-state index contributed by atoms with van der Waals surface area (Å²) in [5, 5.41) is 0. The quantitative estimate of drug-likeness (QED) is 0.497. The van der Waals surface area contributed by atoms with Gasteiger partial charge in [-0.05, 0) is 35.5 Å². The van der Waals surface area contributed by atoms with E-state index in [0.717, 1.165) is 35.5 Å².